The predicted molar refractivity (Wildman–Crippen MR) is 76.5 cm³/mol. The van der Waals surface area contributed by atoms with Gasteiger partial charge in [0.15, 0.2) is 5.75 Å². The summed E-state index contributed by atoms with van der Waals surface area (Å²) in [6.07, 6.45) is 0.647. The standard InChI is InChI=1S/C14H20N2O5/c1-19-7-5-15-9-11-2-3-13(16(17)18)14(8-11)21-12-4-6-20-10-12/h2-3,8,12,15H,4-7,9-10H2,1H3. The molecule has 1 aromatic rings. The van der Waals surface area contributed by atoms with Crippen LogP contribution in [0.3, 0.4) is 0 Å². The fourth-order valence-electron chi connectivity index (χ4n) is 2.11. The largest absolute Gasteiger partial charge is 0.481 e. The van der Waals surface area contributed by atoms with Crippen LogP contribution in [0, 0.1) is 10.1 Å². The monoisotopic (exact) mass is 296 g/mol. The molecule has 0 bridgehead atoms. The van der Waals surface area contributed by atoms with E-state index in [-0.39, 0.29) is 11.8 Å². The summed E-state index contributed by atoms with van der Waals surface area (Å²) in [5, 5.41) is 14.3. The zero-order chi connectivity index (χ0) is 15.1. The number of ether oxygens (including phenoxy) is 3. The third-order valence-electron chi connectivity index (χ3n) is 3.21. The van der Waals surface area contributed by atoms with Crippen molar-refractivity contribution in [1.82, 2.24) is 5.32 Å². The highest BCUT2D eigenvalue weighted by Gasteiger charge is 2.22. The van der Waals surface area contributed by atoms with Crippen LogP contribution in [-0.4, -0.2) is 44.5 Å². The Bertz CT molecular complexity index is 474. The molecule has 7 nitrogen and oxygen atoms in total. The first-order valence-electron chi connectivity index (χ1n) is 6.92. The van der Waals surface area contributed by atoms with Gasteiger partial charge in [-0.15, -0.1) is 0 Å². The molecule has 0 saturated carbocycles. The molecule has 0 aliphatic carbocycles. The molecule has 1 atom stereocenters. The molecule has 1 aromatic carbocycles. The molecule has 1 N–H and O–H groups in total. The van der Waals surface area contributed by atoms with Crippen molar-refractivity contribution in [2.75, 3.05) is 33.5 Å². The summed E-state index contributed by atoms with van der Waals surface area (Å²) in [7, 11) is 1.64. The summed E-state index contributed by atoms with van der Waals surface area (Å²) < 4.78 is 15.9. The fourth-order valence-corrected chi connectivity index (χ4v) is 2.11. The Morgan fingerprint density at radius 2 is 2.38 bits per heavy atom. The summed E-state index contributed by atoms with van der Waals surface area (Å²) in [6.45, 7) is 3.07. The van der Waals surface area contributed by atoms with Crippen molar-refractivity contribution in [2.24, 2.45) is 0 Å². The lowest BCUT2D eigenvalue weighted by atomic mass is 10.2. The average molecular weight is 296 g/mol. The molecule has 0 aromatic heterocycles. The van der Waals surface area contributed by atoms with Gasteiger partial charge in [0.1, 0.15) is 6.10 Å². The average Bonchev–Trinajstić information content (AvgIpc) is 2.96. The van der Waals surface area contributed by atoms with Crippen molar-refractivity contribution >= 4 is 5.69 Å². The van der Waals surface area contributed by atoms with E-state index in [1.165, 1.54) is 6.07 Å². The van der Waals surface area contributed by atoms with Gasteiger partial charge in [0.2, 0.25) is 0 Å². The van der Waals surface area contributed by atoms with Gasteiger partial charge in [-0.2, -0.15) is 0 Å². The van der Waals surface area contributed by atoms with Crippen LogP contribution in [-0.2, 0) is 16.0 Å². The van der Waals surface area contributed by atoms with Crippen molar-refractivity contribution in [3.05, 3.63) is 33.9 Å². The first-order chi connectivity index (χ1) is 10.2. The van der Waals surface area contributed by atoms with E-state index >= 15 is 0 Å². The quantitative estimate of drug-likeness (QED) is 0.445. The van der Waals surface area contributed by atoms with Crippen LogP contribution in [0.15, 0.2) is 18.2 Å². The molecule has 116 valence electrons. The van der Waals surface area contributed by atoms with E-state index in [2.05, 4.69) is 5.32 Å². The normalized spacial score (nSPS) is 17.9. The smallest absolute Gasteiger partial charge is 0.310 e. The predicted octanol–water partition coefficient (Wildman–Crippen LogP) is 1.50. The van der Waals surface area contributed by atoms with E-state index < -0.39 is 4.92 Å². The number of methoxy groups -OCH3 is 1. The van der Waals surface area contributed by atoms with E-state index in [0.717, 1.165) is 18.5 Å². The van der Waals surface area contributed by atoms with Crippen molar-refractivity contribution in [2.45, 2.75) is 19.1 Å². The SMILES string of the molecule is COCCNCc1ccc([N+](=O)[O-])c(OC2CCOC2)c1. The number of hydrogen-bond acceptors (Lipinski definition) is 6. The zero-order valence-electron chi connectivity index (χ0n) is 12.0. The maximum Gasteiger partial charge on any atom is 0.310 e. The number of nitro benzene ring substituents is 1. The highest BCUT2D eigenvalue weighted by Crippen LogP contribution is 2.30. The number of nitro groups is 1. The van der Waals surface area contributed by atoms with Crippen molar-refractivity contribution < 1.29 is 19.1 Å². The summed E-state index contributed by atoms with van der Waals surface area (Å²) in [4.78, 5) is 10.6. The summed E-state index contributed by atoms with van der Waals surface area (Å²) in [5.74, 6) is 0.307. The Balaban J connectivity index is 2.04. The Morgan fingerprint density at radius 3 is 3.05 bits per heavy atom. The number of hydrogen-bond donors (Lipinski definition) is 1. The molecule has 21 heavy (non-hydrogen) atoms. The third kappa shape index (κ3) is 4.66. The molecule has 0 amide bonds. The number of nitrogens with one attached hydrogen (secondary N) is 1. The molecule has 2 rings (SSSR count). The minimum absolute atomic E-state index is 0.0115. The van der Waals surface area contributed by atoms with Crippen molar-refractivity contribution in [1.29, 1.82) is 0 Å². The molecule has 0 spiro atoms. The first kappa shape index (κ1) is 15.7. The van der Waals surface area contributed by atoms with E-state index in [4.69, 9.17) is 14.2 Å². The van der Waals surface area contributed by atoms with E-state index in [1.54, 1.807) is 19.2 Å². The van der Waals surface area contributed by atoms with Gasteiger partial charge in [-0.05, 0) is 11.6 Å². The Labute approximate surface area is 123 Å². The van der Waals surface area contributed by atoms with Crippen LogP contribution in [0.5, 0.6) is 5.75 Å². The van der Waals surface area contributed by atoms with E-state index in [1.807, 2.05) is 0 Å². The molecular weight excluding hydrogens is 276 g/mol. The molecule has 1 fully saturated rings. The third-order valence-corrected chi connectivity index (χ3v) is 3.21. The summed E-state index contributed by atoms with van der Waals surface area (Å²) in [5.41, 5.74) is 0.924. The first-order valence-corrected chi connectivity index (χ1v) is 6.92. The Hall–Kier alpha value is -1.70. The molecule has 1 heterocycles. The van der Waals surface area contributed by atoms with E-state index in [0.29, 0.717) is 32.1 Å². The van der Waals surface area contributed by atoms with Gasteiger partial charge in [0.05, 0.1) is 24.7 Å². The summed E-state index contributed by atoms with van der Waals surface area (Å²) in [6, 6.07) is 4.94. The number of nitrogens with zero attached hydrogens (tertiary/aromatic N) is 1. The van der Waals surface area contributed by atoms with Crippen LogP contribution in [0.2, 0.25) is 0 Å². The van der Waals surface area contributed by atoms with E-state index in [9.17, 15) is 10.1 Å². The highest BCUT2D eigenvalue weighted by atomic mass is 16.6. The lowest BCUT2D eigenvalue weighted by Crippen LogP contribution is -2.19. The topological polar surface area (TPSA) is 82.9 Å². The van der Waals surface area contributed by atoms with Gasteiger partial charge < -0.3 is 19.5 Å². The van der Waals surface area contributed by atoms with Gasteiger partial charge in [-0.3, -0.25) is 10.1 Å². The van der Waals surface area contributed by atoms with Gasteiger partial charge >= 0.3 is 5.69 Å². The van der Waals surface area contributed by atoms with Crippen LogP contribution < -0.4 is 10.1 Å². The number of rotatable bonds is 8. The lowest BCUT2D eigenvalue weighted by Gasteiger charge is -2.13. The Kier molecular flexibility index (Phi) is 5.91. The molecule has 1 unspecified atom stereocenters. The highest BCUT2D eigenvalue weighted by molar-refractivity contribution is 5.48. The molecular formula is C14H20N2O5. The van der Waals surface area contributed by atoms with Gasteiger partial charge in [0, 0.05) is 32.7 Å². The van der Waals surface area contributed by atoms with Crippen LogP contribution in [0.25, 0.3) is 0 Å². The minimum Gasteiger partial charge on any atom is -0.481 e. The van der Waals surface area contributed by atoms with Crippen molar-refractivity contribution in [3.8, 4) is 5.75 Å². The second-order valence-electron chi connectivity index (χ2n) is 4.83. The van der Waals surface area contributed by atoms with Crippen LogP contribution >= 0.6 is 0 Å². The molecule has 1 saturated heterocycles. The maximum absolute atomic E-state index is 11.1. The second kappa shape index (κ2) is 7.92. The lowest BCUT2D eigenvalue weighted by molar-refractivity contribution is -0.386. The molecule has 0 radical (unpaired) electrons. The molecule has 7 heteroatoms. The van der Waals surface area contributed by atoms with Crippen molar-refractivity contribution in [3.63, 3.8) is 0 Å². The Morgan fingerprint density at radius 1 is 1.52 bits per heavy atom. The van der Waals surface area contributed by atoms with Crippen LogP contribution in [0.1, 0.15) is 12.0 Å². The summed E-state index contributed by atoms with van der Waals surface area (Å²) >= 11 is 0. The molecule has 1 aliphatic heterocycles. The van der Waals surface area contributed by atoms with Crippen LogP contribution in [0.4, 0.5) is 5.69 Å². The second-order valence-corrected chi connectivity index (χ2v) is 4.83. The van der Waals surface area contributed by atoms with Gasteiger partial charge in [-0.25, -0.2) is 0 Å². The molecule has 1 aliphatic rings. The van der Waals surface area contributed by atoms with Gasteiger partial charge in [-0.1, -0.05) is 6.07 Å². The minimum atomic E-state index is -0.423. The maximum atomic E-state index is 11.1. The number of benzene rings is 1. The van der Waals surface area contributed by atoms with Gasteiger partial charge in [0.25, 0.3) is 0 Å². The fraction of sp³-hybridized carbons (Fsp3) is 0.571. The zero-order valence-corrected chi connectivity index (χ0v) is 12.0.